The molecule has 1 aliphatic carbocycles. The molecule has 0 saturated heterocycles. The van der Waals surface area contributed by atoms with E-state index in [1.807, 2.05) is 24.3 Å². The molecule has 1 unspecified atom stereocenters. The quantitative estimate of drug-likeness (QED) is 0.0386. The van der Waals surface area contributed by atoms with E-state index in [0.29, 0.717) is 19.1 Å². The second-order valence-electron chi connectivity index (χ2n) is 32.4. The molecule has 18 rings (SSSR count). The predicted molar refractivity (Wildman–Crippen MR) is 506 cm³/mol. The normalized spacial score (nSPS) is 13.1. The summed E-state index contributed by atoms with van der Waals surface area (Å²) in [7, 11) is 1.69. The van der Waals surface area contributed by atoms with Gasteiger partial charge in [-0.1, -0.05) is 228 Å². The Kier molecular flexibility index (Phi) is 25.5. The van der Waals surface area contributed by atoms with Gasteiger partial charge in [0.2, 0.25) is 0 Å². The standard InChI is InChI=1S/C111H94N8O3.2Zn/c1-11-14-16-18-62-121-84-42-36-81(37-43-84)108-90-49-46-86(112-90)104(77-28-22-74(13-3)23-29-77)94-54-58-98(116-94)110(102-70(6)64-68(4)65-71(102)7)99-59-55-95(117-99)105(87-47-50-91(108)113-87)78-30-24-75(25-31-78)20-21-76-26-32-79(33-27-76)106-88-48-51-92(114-88)109(82-38-44-85(45-39-82)122-63-19-17-15-12-2)93-53-52-89(115-93)107(80-34-40-83(120-10)41-35-80)97-57-61-101(119-97)111(100-60-56-96(106)118-100)103-72(8)66-69(5)67-73(103)9;;/h3,22-61,64,66-68H,11-12,14-19,62-63,65H2,1-2,4-10H3;;/q-4;2*+2. The van der Waals surface area contributed by atoms with Crippen LogP contribution >= 0.6 is 0 Å². The van der Waals surface area contributed by atoms with Gasteiger partial charge in [0.1, 0.15) is 17.2 Å². The number of benzene rings is 7. The number of unbranched alkanes of at least 4 members (excludes halogenated alkanes) is 6. The Bertz CT molecular complexity index is 6940. The van der Waals surface area contributed by atoms with Crippen LogP contribution in [0.2, 0.25) is 0 Å². The van der Waals surface area contributed by atoms with Gasteiger partial charge in [-0.05, 0) is 287 Å². The molecule has 600 valence electrons. The van der Waals surface area contributed by atoms with Crippen molar-refractivity contribution in [3.05, 3.63) is 308 Å². The SMILES string of the molecule is C#Cc1ccc(-c2c3nc(c(-c4ccc(OCCCCCC)cc4)c4ccc([n-]4)c(-c4ccc(C#Cc5ccc(-c6c7nc(c(-c8ccc(OCCCCCC)cc8)c8ccc([n-]8)c(-c8ccc(OC)cc8)c8nc(c(-c9c(C)cc(C)cc9C)c9ccc6[n-]9)C=C8)C=C7)cc5)cc4)c4nc(c(C5=C(C)CC(C)C=C5C)c5ccc2[n-]5)C=C4)C=C3)cc1.[Zn+2].[Zn+2]. The first-order valence-electron chi connectivity index (χ1n) is 42.7. The van der Waals surface area contributed by atoms with Gasteiger partial charge in [0.15, 0.2) is 0 Å². The summed E-state index contributed by atoms with van der Waals surface area (Å²) < 4.78 is 18.3. The molecule has 0 spiro atoms. The van der Waals surface area contributed by atoms with Crippen LogP contribution in [0.3, 0.4) is 0 Å². The summed E-state index contributed by atoms with van der Waals surface area (Å²) in [6, 6.07) is 71.4. The van der Waals surface area contributed by atoms with E-state index in [-0.39, 0.29) is 39.0 Å². The van der Waals surface area contributed by atoms with Crippen molar-refractivity contribution in [1.29, 1.82) is 0 Å². The van der Waals surface area contributed by atoms with Crippen LogP contribution in [0.15, 0.2) is 223 Å². The van der Waals surface area contributed by atoms with Gasteiger partial charge < -0.3 is 34.1 Å². The van der Waals surface area contributed by atoms with Crippen molar-refractivity contribution in [3.63, 3.8) is 0 Å². The zero-order chi connectivity index (χ0) is 83.5. The molecule has 124 heavy (non-hydrogen) atoms. The summed E-state index contributed by atoms with van der Waals surface area (Å²) >= 11 is 0. The van der Waals surface area contributed by atoms with Gasteiger partial charge in [-0.3, -0.25) is 0 Å². The number of aryl methyl sites for hydroxylation is 3. The van der Waals surface area contributed by atoms with Crippen LogP contribution in [-0.4, -0.2) is 40.3 Å². The van der Waals surface area contributed by atoms with E-state index in [1.165, 1.54) is 42.4 Å². The number of aromatic nitrogens is 8. The third-order valence-corrected chi connectivity index (χ3v) is 23.6. The summed E-state index contributed by atoms with van der Waals surface area (Å²) in [5.74, 6) is 12.7. The Morgan fingerprint density at radius 2 is 0.637 bits per heavy atom. The molecule has 5 aliphatic rings. The van der Waals surface area contributed by atoms with Gasteiger partial charge >= 0.3 is 39.0 Å². The largest absolute Gasteiger partial charge is 2.00 e. The number of hydrogen-bond acceptors (Lipinski definition) is 7. The van der Waals surface area contributed by atoms with Crippen LogP contribution in [0.25, 0.3) is 176 Å². The zero-order valence-corrected chi connectivity index (χ0v) is 77.9. The minimum Gasteiger partial charge on any atom is -0.657 e. The van der Waals surface area contributed by atoms with Gasteiger partial charge in [-0.15, -0.1) is 50.6 Å². The van der Waals surface area contributed by atoms with Crippen LogP contribution in [0.4, 0.5) is 0 Å². The fourth-order valence-corrected chi connectivity index (χ4v) is 17.9. The van der Waals surface area contributed by atoms with Crippen LogP contribution < -0.4 is 34.1 Å². The topological polar surface area (TPSA) is 136 Å². The zero-order valence-electron chi connectivity index (χ0n) is 72.0. The van der Waals surface area contributed by atoms with Crippen LogP contribution in [0.5, 0.6) is 17.2 Å². The number of rotatable bonds is 21. The van der Waals surface area contributed by atoms with E-state index >= 15 is 0 Å². The molecule has 7 aromatic carbocycles. The van der Waals surface area contributed by atoms with E-state index in [9.17, 15) is 0 Å². The molecule has 10 heterocycles. The predicted octanol–water partition coefficient (Wildman–Crippen LogP) is 26.8. The Labute approximate surface area is 752 Å². The van der Waals surface area contributed by atoms with Gasteiger partial charge in [0, 0.05) is 16.7 Å². The van der Waals surface area contributed by atoms with Gasteiger partial charge in [-0.25, -0.2) is 19.9 Å². The van der Waals surface area contributed by atoms with Crippen molar-refractivity contribution in [2.24, 2.45) is 5.92 Å². The number of nitrogens with zero attached hydrogens (tertiary/aromatic N) is 8. The molecule has 1 atom stereocenters. The van der Waals surface area contributed by atoms with E-state index < -0.39 is 0 Å². The number of methoxy groups -OCH3 is 1. The van der Waals surface area contributed by atoms with E-state index in [1.54, 1.807) is 7.11 Å². The number of allylic oxidation sites excluding steroid dienone is 4. The maximum absolute atomic E-state index is 6.31. The number of hydrogen-bond donors (Lipinski definition) is 0. The van der Waals surface area contributed by atoms with Crippen LogP contribution in [0, 0.1) is 50.9 Å². The third-order valence-electron chi connectivity index (χ3n) is 23.6. The molecule has 0 N–H and O–H groups in total. The molecule has 0 radical (unpaired) electrons. The summed E-state index contributed by atoms with van der Waals surface area (Å²) in [6.07, 6.45) is 35.2. The molecule has 6 aromatic heterocycles. The van der Waals surface area contributed by atoms with Crippen molar-refractivity contribution in [2.75, 3.05) is 20.3 Å². The molecule has 0 saturated carbocycles. The van der Waals surface area contributed by atoms with Crippen molar-refractivity contribution >= 4 is 98.3 Å². The van der Waals surface area contributed by atoms with Gasteiger partial charge in [0.25, 0.3) is 0 Å². The molecule has 16 bridgehead atoms. The molecule has 4 aliphatic heterocycles. The minimum absolute atomic E-state index is 0. The Morgan fingerprint density at radius 1 is 0.347 bits per heavy atom. The molecule has 11 nitrogen and oxygen atoms in total. The van der Waals surface area contributed by atoms with Crippen molar-refractivity contribution in [1.82, 2.24) is 39.9 Å². The Balaban J connectivity index is 0.00000568. The van der Waals surface area contributed by atoms with Crippen LogP contribution in [-0.2, 0) is 39.0 Å². The average molecular weight is 1720 g/mol. The second kappa shape index (κ2) is 37.4. The van der Waals surface area contributed by atoms with E-state index in [4.69, 9.17) is 60.5 Å². The average Bonchev–Trinajstić information content (AvgIpc) is 1.58. The summed E-state index contributed by atoms with van der Waals surface area (Å²) in [4.78, 5) is 44.9. The molecular weight excluding hydrogens is 1620 g/mol. The van der Waals surface area contributed by atoms with Crippen molar-refractivity contribution in [3.8, 4) is 119 Å². The third kappa shape index (κ3) is 17.4. The molecule has 0 fully saturated rings. The first kappa shape index (κ1) is 84.6. The fraction of sp³-hybridized carbons (Fsp3) is 0.189. The van der Waals surface area contributed by atoms with Gasteiger partial charge in [-0.2, -0.15) is 0 Å². The summed E-state index contributed by atoms with van der Waals surface area (Å²) in [5.41, 5.74) is 36.2. The summed E-state index contributed by atoms with van der Waals surface area (Å²) in [5, 5.41) is 0. The molecular formula is C111H94N8O3Zn2. The molecule has 0 amide bonds. The van der Waals surface area contributed by atoms with Crippen molar-refractivity contribution < 1.29 is 53.2 Å². The monoisotopic (exact) mass is 1710 g/mol. The van der Waals surface area contributed by atoms with Crippen molar-refractivity contribution in [2.45, 2.75) is 113 Å². The number of terminal acetylenes is 1. The second-order valence-corrected chi connectivity index (χ2v) is 32.4. The molecule has 13 heteroatoms. The van der Waals surface area contributed by atoms with E-state index in [2.05, 4.69) is 310 Å². The Morgan fingerprint density at radius 3 is 0.952 bits per heavy atom. The smallest absolute Gasteiger partial charge is 0.657 e. The fourth-order valence-electron chi connectivity index (χ4n) is 17.9. The number of ether oxygens (including phenoxy) is 3. The summed E-state index contributed by atoms with van der Waals surface area (Å²) in [6.45, 7) is 19.1. The van der Waals surface area contributed by atoms with Gasteiger partial charge in [0.05, 0.1) is 65.9 Å². The van der Waals surface area contributed by atoms with E-state index in [0.717, 1.165) is 256 Å². The maximum Gasteiger partial charge on any atom is 2.00 e. The number of fused-ring (bicyclic) bond motifs is 16. The maximum atomic E-state index is 6.31. The minimum atomic E-state index is 0. The molecule has 13 aromatic rings. The first-order valence-corrected chi connectivity index (χ1v) is 42.7. The van der Waals surface area contributed by atoms with Crippen LogP contribution in [0.1, 0.15) is 177 Å². The first-order chi connectivity index (χ1) is 59.7. The Hall–Kier alpha value is -13.0.